The van der Waals surface area contributed by atoms with Crippen LogP contribution in [0.15, 0.2) is 45.9 Å². The lowest BCUT2D eigenvalue weighted by molar-refractivity contribution is 0.248. The standard InChI is InChI=1S/C15H21N3O2/c1-2-17(12-14-5-3-10-20-14)8-4-9-18-11-13(16)6-7-15(18)19/h3,5-7,10-11H,2,4,8-9,12,16H2,1H3. The topological polar surface area (TPSA) is 64.4 Å². The predicted octanol–water partition coefficient (Wildman–Crippen LogP) is 1.94. The maximum atomic E-state index is 11.7. The van der Waals surface area contributed by atoms with E-state index in [2.05, 4.69) is 11.8 Å². The molecule has 0 aliphatic rings. The summed E-state index contributed by atoms with van der Waals surface area (Å²) >= 11 is 0. The average Bonchev–Trinajstić information content (AvgIpc) is 2.94. The molecule has 0 spiro atoms. The van der Waals surface area contributed by atoms with Crippen molar-refractivity contribution in [2.75, 3.05) is 18.8 Å². The van der Waals surface area contributed by atoms with Gasteiger partial charge in [-0.2, -0.15) is 0 Å². The van der Waals surface area contributed by atoms with Gasteiger partial charge in [-0.1, -0.05) is 6.92 Å². The van der Waals surface area contributed by atoms with Gasteiger partial charge in [0.1, 0.15) is 5.76 Å². The van der Waals surface area contributed by atoms with Crippen LogP contribution in [-0.2, 0) is 13.1 Å². The van der Waals surface area contributed by atoms with Gasteiger partial charge in [0.25, 0.3) is 5.56 Å². The van der Waals surface area contributed by atoms with Crippen molar-refractivity contribution in [1.82, 2.24) is 9.47 Å². The van der Waals surface area contributed by atoms with Crippen LogP contribution in [-0.4, -0.2) is 22.6 Å². The van der Waals surface area contributed by atoms with E-state index < -0.39 is 0 Å². The zero-order valence-corrected chi connectivity index (χ0v) is 11.8. The van der Waals surface area contributed by atoms with Gasteiger partial charge in [-0.25, -0.2) is 0 Å². The number of nitrogen functional groups attached to an aromatic ring is 1. The molecule has 0 unspecified atom stereocenters. The summed E-state index contributed by atoms with van der Waals surface area (Å²) < 4.78 is 7.01. The maximum Gasteiger partial charge on any atom is 0.250 e. The Labute approximate surface area is 118 Å². The predicted molar refractivity (Wildman–Crippen MR) is 79.4 cm³/mol. The molecule has 2 N–H and O–H groups in total. The van der Waals surface area contributed by atoms with Crippen LogP contribution >= 0.6 is 0 Å². The van der Waals surface area contributed by atoms with Gasteiger partial charge in [0.15, 0.2) is 0 Å². The zero-order chi connectivity index (χ0) is 14.4. The third-order valence-electron chi connectivity index (χ3n) is 3.29. The Morgan fingerprint density at radius 1 is 1.35 bits per heavy atom. The minimum atomic E-state index is -0.00622. The van der Waals surface area contributed by atoms with Crippen molar-refractivity contribution in [3.05, 3.63) is 52.8 Å². The molecule has 0 saturated heterocycles. The molecular weight excluding hydrogens is 254 g/mol. The number of aromatic nitrogens is 1. The summed E-state index contributed by atoms with van der Waals surface area (Å²) in [5.74, 6) is 0.966. The molecule has 0 aliphatic heterocycles. The fraction of sp³-hybridized carbons (Fsp3) is 0.400. The Kier molecular flexibility index (Phi) is 5.01. The Morgan fingerprint density at radius 2 is 2.20 bits per heavy atom. The van der Waals surface area contributed by atoms with Crippen LogP contribution in [0.1, 0.15) is 19.1 Å². The minimum absolute atomic E-state index is 0.00622. The lowest BCUT2D eigenvalue weighted by atomic mass is 10.3. The first-order valence-corrected chi connectivity index (χ1v) is 6.89. The van der Waals surface area contributed by atoms with E-state index in [9.17, 15) is 4.79 Å². The quantitative estimate of drug-likeness (QED) is 0.838. The molecule has 2 aromatic heterocycles. The number of furan rings is 1. The minimum Gasteiger partial charge on any atom is -0.468 e. The summed E-state index contributed by atoms with van der Waals surface area (Å²) in [7, 11) is 0. The number of anilines is 1. The van der Waals surface area contributed by atoms with Gasteiger partial charge in [-0.05, 0) is 31.2 Å². The van der Waals surface area contributed by atoms with Crippen LogP contribution in [0.2, 0.25) is 0 Å². The highest BCUT2D eigenvalue weighted by Crippen LogP contribution is 2.06. The van der Waals surface area contributed by atoms with Gasteiger partial charge in [0.2, 0.25) is 0 Å². The first-order chi connectivity index (χ1) is 9.69. The number of hydrogen-bond acceptors (Lipinski definition) is 4. The van der Waals surface area contributed by atoms with Gasteiger partial charge in [0.05, 0.1) is 12.8 Å². The summed E-state index contributed by atoms with van der Waals surface area (Å²) in [5.41, 5.74) is 6.30. The lowest BCUT2D eigenvalue weighted by Crippen LogP contribution is -2.26. The summed E-state index contributed by atoms with van der Waals surface area (Å²) in [6.45, 7) is 5.47. The van der Waals surface area contributed by atoms with Crippen LogP contribution in [0, 0.1) is 0 Å². The van der Waals surface area contributed by atoms with Gasteiger partial charge < -0.3 is 14.7 Å². The van der Waals surface area contributed by atoms with Crippen molar-refractivity contribution in [2.24, 2.45) is 0 Å². The van der Waals surface area contributed by atoms with Crippen LogP contribution in [0.5, 0.6) is 0 Å². The third kappa shape index (κ3) is 3.99. The van der Waals surface area contributed by atoms with Gasteiger partial charge in [-0.15, -0.1) is 0 Å². The number of pyridine rings is 1. The Balaban J connectivity index is 1.84. The highest BCUT2D eigenvalue weighted by molar-refractivity contribution is 5.33. The highest BCUT2D eigenvalue weighted by Gasteiger charge is 2.06. The van der Waals surface area contributed by atoms with E-state index in [4.69, 9.17) is 10.2 Å². The number of nitrogens with zero attached hydrogens (tertiary/aromatic N) is 2. The second-order valence-corrected chi connectivity index (χ2v) is 4.80. The van der Waals surface area contributed by atoms with Crippen LogP contribution in [0.25, 0.3) is 0 Å². The first kappa shape index (κ1) is 14.4. The molecule has 0 amide bonds. The Bertz CT molecular complexity index is 575. The van der Waals surface area contributed by atoms with E-state index in [1.807, 2.05) is 12.1 Å². The molecule has 2 aromatic rings. The van der Waals surface area contributed by atoms with Crippen LogP contribution < -0.4 is 11.3 Å². The van der Waals surface area contributed by atoms with Gasteiger partial charge >= 0.3 is 0 Å². The van der Waals surface area contributed by atoms with E-state index in [-0.39, 0.29) is 5.56 Å². The maximum absolute atomic E-state index is 11.7. The fourth-order valence-corrected chi connectivity index (χ4v) is 2.16. The molecule has 0 radical (unpaired) electrons. The van der Waals surface area contributed by atoms with Gasteiger partial charge in [-0.3, -0.25) is 9.69 Å². The molecule has 20 heavy (non-hydrogen) atoms. The van der Waals surface area contributed by atoms with Crippen molar-refractivity contribution in [3.8, 4) is 0 Å². The van der Waals surface area contributed by atoms with E-state index in [0.717, 1.165) is 31.8 Å². The molecule has 108 valence electrons. The monoisotopic (exact) mass is 275 g/mol. The summed E-state index contributed by atoms with van der Waals surface area (Å²) in [6, 6.07) is 7.02. The van der Waals surface area contributed by atoms with Crippen molar-refractivity contribution in [3.63, 3.8) is 0 Å². The van der Waals surface area contributed by atoms with Crippen LogP contribution in [0.4, 0.5) is 5.69 Å². The number of hydrogen-bond donors (Lipinski definition) is 1. The fourth-order valence-electron chi connectivity index (χ4n) is 2.16. The molecule has 0 aliphatic carbocycles. The summed E-state index contributed by atoms with van der Waals surface area (Å²) in [5, 5.41) is 0. The molecule has 0 saturated carbocycles. The number of rotatable bonds is 7. The Hall–Kier alpha value is -2.01. The SMILES string of the molecule is CCN(CCCn1cc(N)ccc1=O)Cc1ccco1. The smallest absolute Gasteiger partial charge is 0.250 e. The lowest BCUT2D eigenvalue weighted by Gasteiger charge is -2.19. The van der Waals surface area contributed by atoms with Crippen molar-refractivity contribution in [1.29, 1.82) is 0 Å². The molecule has 5 heteroatoms. The van der Waals surface area contributed by atoms with Crippen molar-refractivity contribution < 1.29 is 4.42 Å². The molecule has 2 rings (SSSR count). The second kappa shape index (κ2) is 6.96. The molecule has 0 atom stereocenters. The van der Waals surface area contributed by atoms with Crippen LogP contribution in [0.3, 0.4) is 0 Å². The third-order valence-corrected chi connectivity index (χ3v) is 3.29. The van der Waals surface area contributed by atoms with Crippen molar-refractivity contribution >= 4 is 5.69 Å². The Morgan fingerprint density at radius 3 is 2.90 bits per heavy atom. The molecule has 0 bridgehead atoms. The summed E-state index contributed by atoms with van der Waals surface area (Å²) in [4.78, 5) is 13.9. The first-order valence-electron chi connectivity index (χ1n) is 6.89. The molecule has 2 heterocycles. The molecule has 0 fully saturated rings. The largest absolute Gasteiger partial charge is 0.468 e. The second-order valence-electron chi connectivity index (χ2n) is 4.80. The normalized spacial score (nSPS) is 11.1. The molecule has 5 nitrogen and oxygen atoms in total. The summed E-state index contributed by atoms with van der Waals surface area (Å²) in [6.07, 6.45) is 4.29. The van der Waals surface area contributed by atoms with E-state index >= 15 is 0 Å². The molecular formula is C15H21N3O2. The van der Waals surface area contributed by atoms with E-state index in [1.165, 1.54) is 6.07 Å². The van der Waals surface area contributed by atoms with Gasteiger partial charge in [0, 0.05) is 31.0 Å². The van der Waals surface area contributed by atoms with Crippen molar-refractivity contribution in [2.45, 2.75) is 26.4 Å². The number of nitrogens with two attached hydrogens (primary N) is 1. The van der Waals surface area contributed by atoms with E-state index in [0.29, 0.717) is 12.2 Å². The highest BCUT2D eigenvalue weighted by atomic mass is 16.3. The zero-order valence-electron chi connectivity index (χ0n) is 11.8. The number of aryl methyl sites for hydroxylation is 1. The molecule has 0 aromatic carbocycles. The van der Waals surface area contributed by atoms with E-state index in [1.54, 1.807) is 23.1 Å². The average molecular weight is 275 g/mol.